The fraction of sp³-hybridized carbons (Fsp3) is 0.392. The number of benzene rings is 8. The summed E-state index contributed by atoms with van der Waals surface area (Å²) in [6.45, 7) is 61.7. The Hall–Kier alpha value is -11.6. The van der Waals surface area contributed by atoms with E-state index in [0.717, 1.165) is 85.6 Å². The van der Waals surface area contributed by atoms with Crippen LogP contribution in [0.4, 0.5) is 0 Å². The van der Waals surface area contributed by atoms with E-state index in [1.54, 1.807) is 6.33 Å². The van der Waals surface area contributed by atoms with E-state index < -0.39 is 0 Å². The summed E-state index contributed by atoms with van der Waals surface area (Å²) in [5.74, 6) is 9.39. The molecule has 20 heteroatoms. The highest BCUT2D eigenvalue weighted by molar-refractivity contribution is 7.25. The lowest BCUT2D eigenvalue weighted by Gasteiger charge is -2.15. The summed E-state index contributed by atoms with van der Waals surface area (Å²) < 4.78 is 31.5. The van der Waals surface area contributed by atoms with Gasteiger partial charge in [0.25, 0.3) is 58.1 Å². The number of nitrogens with zero attached hydrogens (tertiary/aromatic N) is 18. The van der Waals surface area contributed by atoms with Crippen LogP contribution in [-0.2, 0) is 70.5 Å². The highest BCUT2D eigenvalue weighted by atomic mass is 32.1. The summed E-state index contributed by atoms with van der Waals surface area (Å²) in [6.07, 6.45) is 3.37. The Labute approximate surface area is 731 Å². The van der Waals surface area contributed by atoms with Gasteiger partial charge in [0.15, 0.2) is 5.52 Å². The third-order valence-corrected chi connectivity index (χ3v) is 23.2. The average Bonchev–Trinajstić information content (AvgIpc) is 1.40. The van der Waals surface area contributed by atoms with Crippen LogP contribution in [0.5, 0.6) is 0 Å². The number of hydrogen-bond donors (Lipinski definition) is 0. The number of pyridine rings is 1. The zero-order valence-electron chi connectivity index (χ0n) is 81.6. The Morgan fingerprint density at radius 1 is 0.320 bits per heavy atom. The smallest absolute Gasteiger partial charge is 0.286 e. The normalized spacial score (nSPS) is 10.5. The van der Waals surface area contributed by atoms with Gasteiger partial charge in [0.2, 0.25) is 0 Å². The maximum atomic E-state index is 5.96. The summed E-state index contributed by atoms with van der Waals surface area (Å²) in [4.78, 5) is 8.28. The van der Waals surface area contributed by atoms with Crippen molar-refractivity contribution in [1.82, 2.24) is 63.3 Å². The first-order chi connectivity index (χ1) is 58.6. The number of aromatic nitrogens is 18. The van der Waals surface area contributed by atoms with Crippen LogP contribution in [0.3, 0.4) is 0 Å². The zero-order valence-corrected chi connectivity index (χ0v) is 82.5. The van der Waals surface area contributed by atoms with Crippen molar-refractivity contribution in [3.05, 3.63) is 219 Å². The van der Waals surface area contributed by atoms with Crippen LogP contribution in [0.2, 0.25) is 0 Å². The fourth-order valence-electron chi connectivity index (χ4n) is 15.6. The minimum Gasteiger partial charge on any atom is -0.456 e. The van der Waals surface area contributed by atoms with Gasteiger partial charge in [-0.25, -0.2) is 32.8 Å². The molecule has 0 saturated heterocycles. The van der Waals surface area contributed by atoms with Crippen molar-refractivity contribution in [2.24, 2.45) is 70.5 Å². The van der Waals surface area contributed by atoms with Crippen LogP contribution >= 0.6 is 11.3 Å². The summed E-state index contributed by atoms with van der Waals surface area (Å²) in [5.41, 5.74) is 23.0. The lowest BCUT2D eigenvalue weighted by molar-refractivity contribution is -0.667. The highest BCUT2D eigenvalue weighted by Crippen LogP contribution is 2.41. The Balaban J connectivity index is 0.000000228. The molecule has 19 nitrogen and oxygen atoms in total. The van der Waals surface area contributed by atoms with Gasteiger partial charge in [-0.05, 0) is 172 Å². The number of fused-ring (bicyclic) bond motifs is 15. The van der Waals surface area contributed by atoms with Crippen LogP contribution in [0.1, 0.15) is 190 Å². The van der Waals surface area contributed by atoms with Gasteiger partial charge >= 0.3 is 0 Å². The number of thiophene rings is 1. The third kappa shape index (κ3) is 19.3. The SMILES string of the molecule is CC.CC.CC.CC.CC.CC.CC.CC.Cc1c(C)c(C)c2c(c1C)c1cccc(C)c1c1n2nc(C)[n+]1C.Cc1cc2c(cc1-c1n(C)nc(C)[n+]1C)c1ccccc1n2C.Cc1cc2oc3ccccc3c2cc1-c1n(C)nc(C)[n+]1C.Cc1cc2sc3ccccc3c2cc1-c1n(C)nc(C)[n+]1C.Cc1cncnc1-c1n(C)nc(C)[n+]1C. The van der Waals surface area contributed by atoms with Gasteiger partial charge in [-0.2, -0.15) is 0 Å². The van der Waals surface area contributed by atoms with E-state index in [9.17, 15) is 0 Å². The Kier molecular flexibility index (Phi) is 36.0. The predicted molar refractivity (Wildman–Crippen MR) is 518 cm³/mol. The predicted octanol–water partition coefficient (Wildman–Crippen LogP) is 23.3. The van der Waals surface area contributed by atoms with Crippen molar-refractivity contribution < 1.29 is 27.3 Å². The van der Waals surface area contributed by atoms with E-state index in [0.29, 0.717) is 0 Å². The van der Waals surface area contributed by atoms with Crippen LogP contribution in [0.25, 0.3) is 137 Å². The summed E-state index contributed by atoms with van der Waals surface area (Å²) in [5, 5.41) is 34.4. The molecule has 0 saturated carbocycles. The van der Waals surface area contributed by atoms with Gasteiger partial charge in [0.1, 0.15) is 23.2 Å². The first-order valence-electron chi connectivity index (χ1n) is 43.9. The van der Waals surface area contributed by atoms with E-state index >= 15 is 0 Å². The molecule has 0 aliphatic rings. The lowest BCUT2D eigenvalue weighted by Crippen LogP contribution is -2.33. The van der Waals surface area contributed by atoms with E-state index in [-0.39, 0.29) is 0 Å². The first kappa shape index (κ1) is 99.2. The van der Waals surface area contributed by atoms with Gasteiger partial charge in [-0.15, -0.1) is 30.1 Å². The van der Waals surface area contributed by atoms with E-state index in [4.69, 9.17) is 9.52 Å². The molecule has 122 heavy (non-hydrogen) atoms. The van der Waals surface area contributed by atoms with Crippen molar-refractivity contribution in [3.63, 3.8) is 0 Å². The summed E-state index contributed by atoms with van der Waals surface area (Å²) in [6, 6.07) is 45.5. The molecule has 10 aromatic heterocycles. The van der Waals surface area contributed by atoms with Crippen molar-refractivity contribution in [1.29, 1.82) is 0 Å². The molecule has 0 aliphatic heterocycles. The molecule has 0 spiro atoms. The third-order valence-electron chi connectivity index (χ3n) is 22.0. The van der Waals surface area contributed by atoms with E-state index in [1.807, 2.05) is 240 Å². The molecule has 8 aromatic carbocycles. The molecule has 18 rings (SSSR count). The number of para-hydroxylation sites is 2. The number of aryl methyl sites for hydroxylation is 18. The quantitative estimate of drug-likeness (QED) is 0.125. The first-order valence-corrected chi connectivity index (χ1v) is 44.7. The molecule has 0 atom stereocenters. The second kappa shape index (κ2) is 44.2. The molecule has 10 heterocycles. The van der Waals surface area contributed by atoms with Crippen LogP contribution in [0.15, 0.2) is 144 Å². The Morgan fingerprint density at radius 2 is 0.746 bits per heavy atom. The van der Waals surface area contributed by atoms with E-state index in [2.05, 4.69) is 264 Å². The number of furan rings is 1. The molecule has 0 aliphatic carbocycles. The number of hydrogen-bond acceptors (Lipinski definition) is 9. The largest absolute Gasteiger partial charge is 0.456 e. The van der Waals surface area contributed by atoms with Crippen molar-refractivity contribution in [3.8, 4) is 45.7 Å². The van der Waals surface area contributed by atoms with Gasteiger partial charge in [-0.1, -0.05) is 188 Å². The Morgan fingerprint density at radius 3 is 1.25 bits per heavy atom. The van der Waals surface area contributed by atoms with Gasteiger partial charge in [-0.3, -0.25) is 0 Å². The lowest BCUT2D eigenvalue weighted by atomic mass is 9.91. The van der Waals surface area contributed by atoms with Gasteiger partial charge < -0.3 is 8.98 Å². The second-order valence-electron chi connectivity index (χ2n) is 28.6. The molecular weight excluding hydrogens is 1530 g/mol. The molecule has 0 amide bonds. The fourth-order valence-corrected chi connectivity index (χ4v) is 16.8. The second-order valence-corrected chi connectivity index (χ2v) is 29.7. The van der Waals surface area contributed by atoms with Crippen LogP contribution in [-0.4, -0.2) is 63.3 Å². The van der Waals surface area contributed by atoms with Crippen molar-refractivity contribution in [2.75, 3.05) is 0 Å². The van der Waals surface area contributed by atoms with E-state index in [1.165, 1.54) is 130 Å². The van der Waals surface area contributed by atoms with Gasteiger partial charge in [0.05, 0.1) is 85.5 Å². The minimum atomic E-state index is 0.926. The monoisotopic (exact) mass is 1670 g/mol. The minimum absolute atomic E-state index is 0.926. The summed E-state index contributed by atoms with van der Waals surface area (Å²) in [7, 11) is 20.4. The molecular formula is C102H143N18OS+5. The molecule has 648 valence electrons. The van der Waals surface area contributed by atoms with Gasteiger partial charge in [0, 0.05) is 131 Å². The molecule has 18 aromatic rings. The highest BCUT2D eigenvalue weighted by Gasteiger charge is 2.30. The van der Waals surface area contributed by atoms with Crippen LogP contribution < -0.4 is 22.8 Å². The molecule has 0 radical (unpaired) electrons. The topological polar surface area (TPSA) is 152 Å². The number of rotatable bonds is 4. The van der Waals surface area contributed by atoms with Crippen molar-refractivity contribution in [2.45, 2.75) is 208 Å². The zero-order chi connectivity index (χ0) is 91.5. The standard InChI is InChI=1S/C21H24N3.C19H21N4.C18H18N3O.C18H18N3S.C10H14N5.8C2H6/c1-11-9-8-10-17-18(11)21-23(7)16(6)22-24(21)20-15(5)13(3)12(2)14(4)19(17)20;1-12-10-18-16(14-8-6-7-9-17(14)22(18)4)11-15(12)19-21(3)13(2)20-23(19)5;2*1-11-9-17-15(13-7-5-6-8-16(13)22-17)10-14(11)18-20(3)12(2)19-21(18)4;1-7-5-11-6-12-9(7)10-14(3)8(2)13-15(10)4;8*1-2/h8-10H,1-7H3;6-11H,1-5H3;2*5-10H,1-4H3;5-6H,1-4H3;8*1-2H3/q5*+1;;;;;;;;. The summed E-state index contributed by atoms with van der Waals surface area (Å²) >= 11 is 1.86. The molecule has 0 unspecified atom stereocenters. The average molecular weight is 1670 g/mol. The maximum absolute atomic E-state index is 5.96. The maximum Gasteiger partial charge on any atom is 0.286 e. The van der Waals surface area contributed by atoms with Crippen LogP contribution in [0, 0.1) is 96.9 Å². The molecule has 0 bridgehead atoms. The molecule has 0 N–H and O–H groups in total. The van der Waals surface area contributed by atoms with Crippen molar-refractivity contribution >= 4 is 103 Å². The Bertz CT molecular complexity index is 6430. The molecule has 0 fully saturated rings.